The molecule has 0 saturated carbocycles. The average molecular weight is 382 g/mol. The van der Waals surface area contributed by atoms with Crippen LogP contribution >= 0.6 is 22.9 Å². The highest BCUT2D eigenvalue weighted by Crippen LogP contribution is 2.31. The maximum atomic E-state index is 12.8. The summed E-state index contributed by atoms with van der Waals surface area (Å²) in [6.07, 6.45) is 3.06. The predicted octanol–water partition coefficient (Wildman–Crippen LogP) is 5.22. The van der Waals surface area contributed by atoms with E-state index in [1.807, 2.05) is 42.5 Å². The molecule has 128 valence electrons. The number of benzene rings is 2. The molecule has 4 rings (SSSR count). The molecule has 2 aromatic carbocycles. The number of carbonyl (C=O) groups is 1. The summed E-state index contributed by atoms with van der Waals surface area (Å²) in [7, 11) is 0. The van der Waals surface area contributed by atoms with E-state index in [1.165, 1.54) is 22.6 Å². The minimum Gasteiger partial charge on any atom is -0.459 e. The number of amides is 1. The summed E-state index contributed by atoms with van der Waals surface area (Å²) in [5.41, 5.74) is 1.62. The maximum Gasteiger partial charge on any atom is 0.316 e. The zero-order valence-corrected chi connectivity index (χ0v) is 14.9. The largest absolute Gasteiger partial charge is 0.459 e. The van der Waals surface area contributed by atoms with Crippen LogP contribution in [-0.2, 0) is 0 Å². The number of halogens is 1. The number of hydrogen-bond acceptors (Lipinski definition) is 5. The number of thiazole rings is 1. The van der Waals surface area contributed by atoms with Gasteiger partial charge in [0.15, 0.2) is 5.76 Å². The van der Waals surface area contributed by atoms with Crippen LogP contribution in [0.2, 0.25) is 5.02 Å². The van der Waals surface area contributed by atoms with Gasteiger partial charge in [0.1, 0.15) is 0 Å². The quantitative estimate of drug-likeness (QED) is 0.359. The van der Waals surface area contributed by atoms with Crippen LogP contribution in [0.1, 0.15) is 16.1 Å². The first-order valence-electron chi connectivity index (χ1n) is 7.74. The first-order valence-corrected chi connectivity index (χ1v) is 8.93. The van der Waals surface area contributed by atoms with Crippen molar-refractivity contribution in [2.24, 2.45) is 5.10 Å². The summed E-state index contributed by atoms with van der Waals surface area (Å²) in [5.74, 6) is -0.208. The Balaban J connectivity index is 1.76. The zero-order valence-electron chi connectivity index (χ0n) is 13.4. The molecule has 2 aromatic heterocycles. The van der Waals surface area contributed by atoms with Gasteiger partial charge in [-0.25, -0.2) is 4.98 Å². The van der Waals surface area contributed by atoms with Gasteiger partial charge in [-0.3, -0.25) is 4.79 Å². The first-order chi connectivity index (χ1) is 12.7. The van der Waals surface area contributed by atoms with E-state index < -0.39 is 5.91 Å². The van der Waals surface area contributed by atoms with Crippen molar-refractivity contribution in [2.45, 2.75) is 0 Å². The molecule has 0 fully saturated rings. The minimum atomic E-state index is -0.396. The number of hydrogen-bond donors (Lipinski definition) is 0. The molecule has 0 saturated heterocycles. The monoisotopic (exact) mass is 381 g/mol. The lowest BCUT2D eigenvalue weighted by atomic mass is 10.2. The Labute approximate surface area is 158 Å². The highest BCUT2D eigenvalue weighted by Gasteiger charge is 2.23. The molecule has 26 heavy (non-hydrogen) atoms. The molecular formula is C19H12ClN3O2S. The summed E-state index contributed by atoms with van der Waals surface area (Å²) in [4.78, 5) is 17.3. The highest BCUT2D eigenvalue weighted by atomic mass is 35.5. The molecule has 0 radical (unpaired) electrons. The van der Waals surface area contributed by atoms with Gasteiger partial charge in [-0.1, -0.05) is 53.3 Å². The van der Waals surface area contributed by atoms with E-state index in [-0.39, 0.29) is 5.76 Å². The van der Waals surface area contributed by atoms with E-state index in [0.29, 0.717) is 10.2 Å². The van der Waals surface area contributed by atoms with Gasteiger partial charge in [0.05, 0.1) is 22.7 Å². The van der Waals surface area contributed by atoms with Gasteiger partial charge >= 0.3 is 5.91 Å². The number of aromatic nitrogens is 1. The second-order valence-electron chi connectivity index (χ2n) is 5.36. The minimum absolute atomic E-state index is 0.188. The van der Waals surface area contributed by atoms with Gasteiger partial charge in [-0.2, -0.15) is 10.1 Å². The molecule has 0 unspecified atom stereocenters. The fourth-order valence-electron chi connectivity index (χ4n) is 2.33. The van der Waals surface area contributed by atoms with Crippen LogP contribution in [-0.4, -0.2) is 17.1 Å². The van der Waals surface area contributed by atoms with Crippen LogP contribution < -0.4 is 5.01 Å². The molecule has 0 N–H and O–H groups in total. The standard InChI is InChI=1S/C19H12ClN3O2S/c20-14-8-9-15-17(11-14)26-19(22-15)23(18(24)16-7-4-10-25-16)21-12-13-5-2-1-3-6-13/h1-12H/b21-12+. The number of carbonyl (C=O) groups excluding carboxylic acids is 1. The first kappa shape index (κ1) is 16.5. The summed E-state index contributed by atoms with van der Waals surface area (Å²) in [6, 6.07) is 18.2. The van der Waals surface area contributed by atoms with Crippen molar-refractivity contribution in [3.63, 3.8) is 0 Å². The molecule has 7 heteroatoms. The van der Waals surface area contributed by atoms with E-state index in [0.717, 1.165) is 15.8 Å². The molecule has 4 aromatic rings. The number of hydrazone groups is 1. The highest BCUT2D eigenvalue weighted by molar-refractivity contribution is 7.22. The lowest BCUT2D eigenvalue weighted by molar-refractivity contribution is 0.0961. The maximum absolute atomic E-state index is 12.8. The van der Waals surface area contributed by atoms with Crippen molar-refractivity contribution in [2.75, 3.05) is 5.01 Å². The van der Waals surface area contributed by atoms with Crippen molar-refractivity contribution in [1.29, 1.82) is 0 Å². The SMILES string of the molecule is O=C(c1ccco1)N(/N=C/c1ccccc1)c1nc2ccc(Cl)cc2s1. The lowest BCUT2D eigenvalue weighted by Gasteiger charge is -2.11. The van der Waals surface area contributed by atoms with Crippen LogP contribution in [0.4, 0.5) is 5.13 Å². The number of furan rings is 1. The molecule has 0 bridgehead atoms. The Morgan fingerprint density at radius 1 is 1.15 bits per heavy atom. The third-order valence-corrected chi connectivity index (χ3v) is 4.80. The fourth-order valence-corrected chi connectivity index (χ4v) is 3.53. The lowest BCUT2D eigenvalue weighted by Crippen LogP contribution is -2.25. The van der Waals surface area contributed by atoms with Crippen molar-refractivity contribution in [1.82, 2.24) is 4.98 Å². The van der Waals surface area contributed by atoms with Crippen LogP contribution in [0.3, 0.4) is 0 Å². The molecule has 0 atom stereocenters. The van der Waals surface area contributed by atoms with Gasteiger partial charge in [-0.15, -0.1) is 0 Å². The second-order valence-corrected chi connectivity index (χ2v) is 6.80. The van der Waals surface area contributed by atoms with E-state index in [2.05, 4.69) is 10.1 Å². The van der Waals surface area contributed by atoms with Crippen LogP contribution in [0.5, 0.6) is 0 Å². The molecule has 1 amide bonds. The third-order valence-electron chi connectivity index (χ3n) is 3.57. The van der Waals surface area contributed by atoms with Crippen LogP contribution in [0.25, 0.3) is 10.2 Å². The van der Waals surface area contributed by atoms with E-state index >= 15 is 0 Å². The van der Waals surface area contributed by atoms with Crippen molar-refractivity contribution >= 4 is 50.4 Å². The van der Waals surface area contributed by atoms with Gasteiger partial charge in [0, 0.05) is 5.02 Å². The van der Waals surface area contributed by atoms with Gasteiger partial charge < -0.3 is 4.42 Å². The second kappa shape index (κ2) is 7.11. The summed E-state index contributed by atoms with van der Waals surface area (Å²) >= 11 is 7.38. The van der Waals surface area contributed by atoms with E-state index in [1.54, 1.807) is 24.4 Å². The van der Waals surface area contributed by atoms with E-state index in [9.17, 15) is 4.79 Å². The molecular weight excluding hydrogens is 370 g/mol. The Morgan fingerprint density at radius 3 is 2.77 bits per heavy atom. The van der Waals surface area contributed by atoms with Crippen molar-refractivity contribution in [3.8, 4) is 0 Å². The Kier molecular flexibility index (Phi) is 4.51. The molecule has 0 aliphatic rings. The summed E-state index contributed by atoms with van der Waals surface area (Å²) in [6.45, 7) is 0. The number of rotatable bonds is 4. The summed E-state index contributed by atoms with van der Waals surface area (Å²) in [5, 5.41) is 6.65. The van der Waals surface area contributed by atoms with Crippen molar-refractivity contribution < 1.29 is 9.21 Å². The van der Waals surface area contributed by atoms with Gasteiger partial charge in [0.2, 0.25) is 5.13 Å². The number of anilines is 1. The zero-order chi connectivity index (χ0) is 17.9. The molecule has 2 heterocycles. The normalized spacial score (nSPS) is 11.3. The Bertz CT molecular complexity index is 1070. The number of fused-ring (bicyclic) bond motifs is 1. The smallest absolute Gasteiger partial charge is 0.316 e. The van der Waals surface area contributed by atoms with E-state index in [4.69, 9.17) is 16.0 Å². The molecule has 0 aliphatic carbocycles. The topological polar surface area (TPSA) is 58.7 Å². The number of nitrogens with zero attached hydrogens (tertiary/aromatic N) is 3. The fraction of sp³-hybridized carbons (Fsp3) is 0. The average Bonchev–Trinajstić information content (AvgIpc) is 3.32. The van der Waals surface area contributed by atoms with Gasteiger partial charge in [0.25, 0.3) is 0 Å². The molecule has 0 spiro atoms. The third kappa shape index (κ3) is 3.37. The Hall–Kier alpha value is -2.96. The molecule has 0 aliphatic heterocycles. The van der Waals surface area contributed by atoms with Crippen molar-refractivity contribution in [3.05, 3.63) is 83.3 Å². The van der Waals surface area contributed by atoms with Crippen LogP contribution in [0, 0.1) is 0 Å². The Morgan fingerprint density at radius 2 is 2.00 bits per heavy atom. The molecule has 5 nitrogen and oxygen atoms in total. The summed E-state index contributed by atoms with van der Waals surface area (Å²) < 4.78 is 6.11. The van der Waals surface area contributed by atoms with Crippen LogP contribution in [0.15, 0.2) is 76.4 Å². The van der Waals surface area contributed by atoms with Gasteiger partial charge in [-0.05, 0) is 35.9 Å². The predicted molar refractivity (Wildman–Crippen MR) is 104 cm³/mol.